The van der Waals surface area contributed by atoms with Crippen LogP contribution in [0.15, 0.2) is 18.2 Å². The van der Waals surface area contributed by atoms with E-state index < -0.39 is 7.12 Å². The molecule has 5 heteroatoms. The zero-order chi connectivity index (χ0) is 14.1. The zero-order valence-corrected chi connectivity index (χ0v) is 11.8. The SMILES string of the molecule is CCCCOc1cc(OCCCC)cc(B(O)O)c1. The van der Waals surface area contributed by atoms with Crippen molar-refractivity contribution in [1.82, 2.24) is 0 Å². The summed E-state index contributed by atoms with van der Waals surface area (Å²) >= 11 is 0. The fraction of sp³-hybridized carbons (Fsp3) is 0.571. The molecule has 0 aliphatic rings. The van der Waals surface area contributed by atoms with Gasteiger partial charge in [0.2, 0.25) is 0 Å². The highest BCUT2D eigenvalue weighted by atomic mass is 16.5. The lowest BCUT2D eigenvalue weighted by Crippen LogP contribution is -2.30. The summed E-state index contributed by atoms with van der Waals surface area (Å²) in [7, 11) is -1.51. The van der Waals surface area contributed by atoms with Crippen molar-refractivity contribution in [3.63, 3.8) is 0 Å². The molecule has 0 spiro atoms. The minimum absolute atomic E-state index is 0.389. The molecule has 0 heterocycles. The van der Waals surface area contributed by atoms with E-state index in [-0.39, 0.29) is 0 Å². The molecule has 0 saturated carbocycles. The van der Waals surface area contributed by atoms with Gasteiger partial charge in [0.15, 0.2) is 0 Å². The molecule has 0 amide bonds. The van der Waals surface area contributed by atoms with Crippen LogP contribution in [0.25, 0.3) is 0 Å². The molecule has 0 atom stereocenters. The molecule has 2 N–H and O–H groups in total. The molecule has 1 aromatic carbocycles. The number of hydrogen-bond acceptors (Lipinski definition) is 4. The lowest BCUT2D eigenvalue weighted by Gasteiger charge is -2.12. The van der Waals surface area contributed by atoms with Gasteiger partial charge in [-0.1, -0.05) is 26.7 Å². The molecular weight excluding hydrogens is 243 g/mol. The fourth-order valence-corrected chi connectivity index (χ4v) is 1.58. The van der Waals surface area contributed by atoms with E-state index in [2.05, 4.69) is 13.8 Å². The van der Waals surface area contributed by atoms with Gasteiger partial charge in [-0.05, 0) is 30.4 Å². The highest BCUT2D eigenvalue weighted by Crippen LogP contribution is 2.19. The summed E-state index contributed by atoms with van der Waals surface area (Å²) in [6.45, 7) is 5.43. The second-order valence-corrected chi connectivity index (χ2v) is 4.52. The van der Waals surface area contributed by atoms with Gasteiger partial charge in [0.05, 0.1) is 13.2 Å². The highest BCUT2D eigenvalue weighted by molar-refractivity contribution is 6.58. The zero-order valence-electron chi connectivity index (χ0n) is 11.8. The Morgan fingerprint density at radius 2 is 1.37 bits per heavy atom. The van der Waals surface area contributed by atoms with E-state index in [1.54, 1.807) is 18.2 Å². The van der Waals surface area contributed by atoms with Crippen LogP contribution in [0.5, 0.6) is 11.5 Å². The van der Waals surface area contributed by atoms with Crippen molar-refractivity contribution in [2.24, 2.45) is 0 Å². The summed E-state index contributed by atoms with van der Waals surface area (Å²) < 4.78 is 11.2. The van der Waals surface area contributed by atoms with E-state index >= 15 is 0 Å². The fourth-order valence-electron chi connectivity index (χ4n) is 1.58. The first-order chi connectivity index (χ1) is 9.17. The Morgan fingerprint density at radius 1 is 0.895 bits per heavy atom. The maximum absolute atomic E-state index is 9.26. The molecule has 19 heavy (non-hydrogen) atoms. The third-order valence-corrected chi connectivity index (χ3v) is 2.73. The lowest BCUT2D eigenvalue weighted by atomic mass is 9.80. The van der Waals surface area contributed by atoms with Crippen molar-refractivity contribution in [2.45, 2.75) is 39.5 Å². The van der Waals surface area contributed by atoms with E-state index in [1.807, 2.05) is 0 Å². The molecule has 0 bridgehead atoms. The second-order valence-electron chi connectivity index (χ2n) is 4.52. The number of hydrogen-bond donors (Lipinski definition) is 2. The predicted octanol–water partition coefficient (Wildman–Crippen LogP) is 1.72. The molecule has 0 unspecified atom stereocenters. The smallest absolute Gasteiger partial charge is 0.488 e. The van der Waals surface area contributed by atoms with Crippen LogP contribution in [0.2, 0.25) is 0 Å². The molecular formula is C14H23BO4. The molecule has 0 radical (unpaired) electrons. The van der Waals surface area contributed by atoms with Gasteiger partial charge in [0.25, 0.3) is 0 Å². The topological polar surface area (TPSA) is 58.9 Å². The third-order valence-electron chi connectivity index (χ3n) is 2.73. The molecule has 0 aliphatic carbocycles. The van der Waals surface area contributed by atoms with E-state index in [9.17, 15) is 10.0 Å². The van der Waals surface area contributed by atoms with E-state index in [1.165, 1.54) is 0 Å². The third kappa shape index (κ3) is 5.99. The van der Waals surface area contributed by atoms with Crippen LogP contribution >= 0.6 is 0 Å². The Morgan fingerprint density at radius 3 is 1.74 bits per heavy atom. The van der Waals surface area contributed by atoms with Gasteiger partial charge in [-0.3, -0.25) is 0 Å². The van der Waals surface area contributed by atoms with E-state index in [4.69, 9.17) is 9.47 Å². The van der Waals surface area contributed by atoms with Crippen LogP contribution in [0.4, 0.5) is 0 Å². The number of unbranched alkanes of at least 4 members (excludes halogenated alkanes) is 2. The van der Waals surface area contributed by atoms with Crippen molar-refractivity contribution in [2.75, 3.05) is 13.2 Å². The van der Waals surface area contributed by atoms with Crippen LogP contribution in [0.1, 0.15) is 39.5 Å². The van der Waals surface area contributed by atoms with Gasteiger partial charge in [0, 0.05) is 6.07 Å². The van der Waals surface area contributed by atoms with Gasteiger partial charge in [-0.2, -0.15) is 0 Å². The van der Waals surface area contributed by atoms with Crippen LogP contribution in [0.3, 0.4) is 0 Å². The van der Waals surface area contributed by atoms with Crippen molar-refractivity contribution in [3.05, 3.63) is 18.2 Å². The number of ether oxygens (including phenoxy) is 2. The van der Waals surface area contributed by atoms with Gasteiger partial charge >= 0.3 is 7.12 Å². The van der Waals surface area contributed by atoms with Gasteiger partial charge < -0.3 is 19.5 Å². The average Bonchev–Trinajstić information content (AvgIpc) is 2.39. The van der Waals surface area contributed by atoms with Crippen molar-refractivity contribution in [3.8, 4) is 11.5 Å². The molecule has 106 valence electrons. The first-order valence-electron chi connectivity index (χ1n) is 6.94. The molecule has 1 aromatic rings. The first kappa shape index (κ1) is 15.9. The number of benzene rings is 1. The minimum atomic E-state index is -1.51. The normalized spacial score (nSPS) is 10.3. The van der Waals surface area contributed by atoms with Crippen molar-refractivity contribution < 1.29 is 19.5 Å². The number of rotatable bonds is 9. The van der Waals surface area contributed by atoms with E-state index in [0.717, 1.165) is 25.7 Å². The Hall–Kier alpha value is -1.20. The molecule has 0 fully saturated rings. The van der Waals surface area contributed by atoms with Gasteiger partial charge in [-0.25, -0.2) is 0 Å². The molecule has 4 nitrogen and oxygen atoms in total. The first-order valence-corrected chi connectivity index (χ1v) is 6.94. The standard InChI is InChI=1S/C14H23BO4/c1-3-5-7-18-13-9-12(15(16)17)10-14(11-13)19-8-6-4-2/h9-11,16-17H,3-8H2,1-2H3. The lowest BCUT2D eigenvalue weighted by molar-refractivity contribution is 0.294. The quantitative estimate of drug-likeness (QED) is 0.528. The maximum atomic E-state index is 9.26. The summed E-state index contributed by atoms with van der Waals surface area (Å²) in [4.78, 5) is 0. The van der Waals surface area contributed by atoms with Crippen LogP contribution < -0.4 is 14.9 Å². The Labute approximate surface area is 115 Å². The Bertz CT molecular complexity index is 340. The van der Waals surface area contributed by atoms with Crippen LogP contribution in [0, 0.1) is 0 Å². The molecule has 0 aromatic heterocycles. The van der Waals surface area contributed by atoms with Crippen molar-refractivity contribution >= 4 is 12.6 Å². The summed E-state index contributed by atoms with van der Waals surface area (Å²) in [6, 6.07) is 5.05. The molecule has 0 saturated heterocycles. The van der Waals surface area contributed by atoms with Crippen LogP contribution in [-0.4, -0.2) is 30.4 Å². The Balaban J connectivity index is 2.72. The van der Waals surface area contributed by atoms with E-state index in [0.29, 0.717) is 30.2 Å². The van der Waals surface area contributed by atoms with Crippen molar-refractivity contribution in [1.29, 1.82) is 0 Å². The summed E-state index contributed by atoms with van der Waals surface area (Å²) in [5.74, 6) is 1.23. The summed E-state index contributed by atoms with van der Waals surface area (Å²) in [5.41, 5.74) is 0.389. The average molecular weight is 266 g/mol. The largest absolute Gasteiger partial charge is 0.493 e. The highest BCUT2D eigenvalue weighted by Gasteiger charge is 2.14. The van der Waals surface area contributed by atoms with Gasteiger partial charge in [0.1, 0.15) is 11.5 Å². The minimum Gasteiger partial charge on any atom is -0.493 e. The van der Waals surface area contributed by atoms with Crippen LogP contribution in [-0.2, 0) is 0 Å². The monoisotopic (exact) mass is 266 g/mol. The maximum Gasteiger partial charge on any atom is 0.488 e. The molecule has 0 aliphatic heterocycles. The molecule has 1 rings (SSSR count). The summed E-state index contributed by atoms with van der Waals surface area (Å²) in [5, 5.41) is 18.5. The van der Waals surface area contributed by atoms with Gasteiger partial charge in [-0.15, -0.1) is 0 Å². The second kappa shape index (κ2) is 8.83. The summed E-state index contributed by atoms with van der Waals surface area (Å²) in [6.07, 6.45) is 4.06. The Kier molecular flexibility index (Phi) is 7.37. The predicted molar refractivity (Wildman–Crippen MR) is 77.1 cm³/mol.